The van der Waals surface area contributed by atoms with Gasteiger partial charge in [0.2, 0.25) is 0 Å². The zero-order valence-corrected chi connectivity index (χ0v) is 10.1. The van der Waals surface area contributed by atoms with Gasteiger partial charge in [0, 0.05) is 23.5 Å². The molecule has 2 atom stereocenters. The van der Waals surface area contributed by atoms with Gasteiger partial charge >= 0.3 is 6.03 Å². The van der Waals surface area contributed by atoms with Crippen molar-refractivity contribution >= 4 is 6.03 Å². The molecule has 2 amide bonds. The smallest absolute Gasteiger partial charge is 0.245 e. The van der Waals surface area contributed by atoms with Crippen molar-refractivity contribution in [3.8, 4) is 0 Å². The summed E-state index contributed by atoms with van der Waals surface area (Å²) in [7, 11) is 0. The molecule has 0 aliphatic carbocycles. The molecule has 2 unspecified atom stereocenters. The first kappa shape index (κ1) is 11.2. The van der Waals surface area contributed by atoms with Gasteiger partial charge in [0.15, 0.2) is 0 Å². The van der Waals surface area contributed by atoms with Crippen LogP contribution in [0, 0.1) is 0 Å². The van der Waals surface area contributed by atoms with Crippen LogP contribution in [0.3, 0.4) is 0 Å². The Labute approximate surface area is 95.7 Å². The molecule has 16 heavy (non-hydrogen) atoms. The number of amides is 2. The fraction of sp³-hybridized carbons (Fsp3) is 0.545. The molecule has 5 nitrogen and oxygen atoms in total. The third-order valence-electron chi connectivity index (χ3n) is 2.74. The van der Waals surface area contributed by atoms with E-state index in [1.165, 1.54) is 0 Å². The van der Waals surface area contributed by atoms with Gasteiger partial charge < -0.3 is 0 Å². The molecule has 0 saturated carbocycles. The van der Waals surface area contributed by atoms with E-state index in [1.807, 2.05) is 39.8 Å². The van der Waals surface area contributed by atoms with Crippen molar-refractivity contribution in [2.24, 2.45) is 0 Å². The molecule has 0 aromatic carbocycles. The van der Waals surface area contributed by atoms with Crippen LogP contribution in [-0.2, 0) is 0 Å². The van der Waals surface area contributed by atoms with E-state index in [0.29, 0.717) is 0 Å². The number of nitrogens with one attached hydrogen (secondary N) is 2. The summed E-state index contributed by atoms with van der Waals surface area (Å²) >= 11 is 0. The molecule has 2 heterocycles. The Kier molecular flexibility index (Phi) is 2.73. The van der Waals surface area contributed by atoms with E-state index in [1.54, 1.807) is 10.0 Å². The zero-order chi connectivity index (χ0) is 11.9. The fourth-order valence-electron chi connectivity index (χ4n) is 2.07. The van der Waals surface area contributed by atoms with Gasteiger partial charge in [-0.3, -0.25) is 0 Å². The number of urea groups is 1. The summed E-state index contributed by atoms with van der Waals surface area (Å²) in [5.74, 6) is 0. The summed E-state index contributed by atoms with van der Waals surface area (Å²) in [6.45, 7) is 7.87. The average molecular weight is 222 g/mol. The standard InChI is InChI=1S/C11H18N4O/c1-7-5-9(3)14(12-7)11(16)15-10(4)6-8(2)13-15/h5-8,12-13H,1-4H3. The maximum absolute atomic E-state index is 12.2. The summed E-state index contributed by atoms with van der Waals surface area (Å²) < 4.78 is 0. The van der Waals surface area contributed by atoms with E-state index < -0.39 is 0 Å². The second-order valence-corrected chi connectivity index (χ2v) is 4.41. The quantitative estimate of drug-likeness (QED) is 0.650. The first-order chi connectivity index (χ1) is 7.49. The third-order valence-corrected chi connectivity index (χ3v) is 2.74. The minimum Gasteiger partial charge on any atom is -0.245 e. The molecule has 0 aromatic heterocycles. The van der Waals surface area contributed by atoms with E-state index in [9.17, 15) is 4.79 Å². The van der Waals surface area contributed by atoms with Gasteiger partial charge in [-0.1, -0.05) is 0 Å². The molecule has 0 radical (unpaired) electrons. The number of allylic oxidation sites excluding steroid dienone is 2. The summed E-state index contributed by atoms with van der Waals surface area (Å²) in [6.07, 6.45) is 4.05. The number of rotatable bonds is 0. The highest BCUT2D eigenvalue weighted by atomic mass is 16.2. The van der Waals surface area contributed by atoms with Gasteiger partial charge in [-0.25, -0.2) is 25.7 Å². The van der Waals surface area contributed by atoms with Gasteiger partial charge in [-0.15, -0.1) is 0 Å². The second kappa shape index (κ2) is 3.92. The number of hydrazine groups is 2. The Balaban J connectivity index is 2.10. The molecular formula is C11H18N4O. The molecular weight excluding hydrogens is 204 g/mol. The molecule has 0 bridgehead atoms. The third kappa shape index (κ3) is 1.83. The predicted molar refractivity (Wildman–Crippen MR) is 61.8 cm³/mol. The molecule has 2 aliphatic heterocycles. The van der Waals surface area contributed by atoms with Crippen LogP contribution in [-0.4, -0.2) is 28.1 Å². The average Bonchev–Trinajstić information content (AvgIpc) is 2.68. The normalized spacial score (nSPS) is 29.5. The van der Waals surface area contributed by atoms with E-state index in [0.717, 1.165) is 11.4 Å². The van der Waals surface area contributed by atoms with Crippen LogP contribution in [0.5, 0.6) is 0 Å². The lowest BCUT2D eigenvalue weighted by molar-refractivity contribution is 0.147. The van der Waals surface area contributed by atoms with Crippen molar-refractivity contribution in [2.45, 2.75) is 39.8 Å². The van der Waals surface area contributed by atoms with Gasteiger partial charge in [-0.05, 0) is 39.8 Å². The number of hydrogen-bond acceptors (Lipinski definition) is 3. The zero-order valence-electron chi connectivity index (χ0n) is 10.1. The van der Waals surface area contributed by atoms with Gasteiger partial charge in [0.25, 0.3) is 0 Å². The number of hydrogen-bond donors (Lipinski definition) is 2. The molecule has 0 aromatic rings. The highest BCUT2D eigenvalue weighted by molar-refractivity contribution is 5.78. The van der Waals surface area contributed by atoms with Gasteiger partial charge in [0.05, 0.1) is 0 Å². The number of nitrogens with zero attached hydrogens (tertiary/aromatic N) is 2. The Morgan fingerprint density at radius 1 is 1.06 bits per heavy atom. The predicted octanol–water partition coefficient (Wildman–Crippen LogP) is 1.33. The maximum atomic E-state index is 12.2. The van der Waals surface area contributed by atoms with Crippen molar-refractivity contribution in [1.82, 2.24) is 20.9 Å². The second-order valence-electron chi connectivity index (χ2n) is 4.41. The molecule has 88 valence electrons. The van der Waals surface area contributed by atoms with E-state index >= 15 is 0 Å². The largest absolute Gasteiger partial charge is 0.357 e. The maximum Gasteiger partial charge on any atom is 0.357 e. The Morgan fingerprint density at radius 2 is 1.44 bits per heavy atom. The monoisotopic (exact) mass is 222 g/mol. The summed E-state index contributed by atoms with van der Waals surface area (Å²) in [4.78, 5) is 12.2. The first-order valence-electron chi connectivity index (χ1n) is 5.52. The minimum absolute atomic E-state index is 0.0869. The molecule has 0 fully saturated rings. The van der Waals surface area contributed by atoms with Crippen LogP contribution < -0.4 is 10.9 Å². The number of carbonyl (C=O) groups is 1. The van der Waals surface area contributed by atoms with Crippen LogP contribution in [0.25, 0.3) is 0 Å². The fourth-order valence-corrected chi connectivity index (χ4v) is 2.07. The van der Waals surface area contributed by atoms with Crippen LogP contribution in [0.1, 0.15) is 27.7 Å². The van der Waals surface area contributed by atoms with Crippen LogP contribution in [0.2, 0.25) is 0 Å². The topological polar surface area (TPSA) is 47.6 Å². The Bertz CT molecular complexity index is 340. The molecule has 2 N–H and O–H groups in total. The van der Waals surface area contributed by atoms with Crippen LogP contribution in [0.4, 0.5) is 4.79 Å². The number of carbonyl (C=O) groups excluding carboxylic acids is 1. The van der Waals surface area contributed by atoms with Crippen molar-refractivity contribution in [3.05, 3.63) is 23.5 Å². The summed E-state index contributed by atoms with van der Waals surface area (Å²) in [5, 5.41) is 3.15. The highest BCUT2D eigenvalue weighted by Crippen LogP contribution is 2.18. The van der Waals surface area contributed by atoms with E-state index in [-0.39, 0.29) is 18.1 Å². The van der Waals surface area contributed by atoms with Crippen LogP contribution >= 0.6 is 0 Å². The van der Waals surface area contributed by atoms with Crippen molar-refractivity contribution in [1.29, 1.82) is 0 Å². The van der Waals surface area contributed by atoms with E-state index in [2.05, 4.69) is 10.9 Å². The lowest BCUT2D eigenvalue weighted by atomic mass is 10.3. The Hall–Kier alpha value is -1.33. The van der Waals surface area contributed by atoms with Crippen molar-refractivity contribution < 1.29 is 4.79 Å². The molecule has 0 saturated heterocycles. The summed E-state index contributed by atoms with van der Waals surface area (Å²) in [6, 6.07) is 0.317. The minimum atomic E-state index is -0.0869. The van der Waals surface area contributed by atoms with Gasteiger partial charge in [-0.2, -0.15) is 0 Å². The lowest BCUT2D eigenvalue weighted by Crippen LogP contribution is -2.51. The lowest BCUT2D eigenvalue weighted by Gasteiger charge is -2.27. The molecule has 5 heteroatoms. The van der Waals surface area contributed by atoms with Crippen molar-refractivity contribution in [2.75, 3.05) is 0 Å². The Morgan fingerprint density at radius 3 is 1.69 bits per heavy atom. The molecule has 2 aliphatic rings. The van der Waals surface area contributed by atoms with Gasteiger partial charge in [0.1, 0.15) is 0 Å². The first-order valence-corrected chi connectivity index (χ1v) is 5.52. The highest BCUT2D eigenvalue weighted by Gasteiger charge is 2.31. The molecule has 2 rings (SSSR count). The van der Waals surface area contributed by atoms with Crippen LogP contribution in [0.15, 0.2) is 23.5 Å². The van der Waals surface area contributed by atoms with Crippen molar-refractivity contribution in [3.63, 3.8) is 0 Å². The SMILES string of the molecule is CC1=CC(C)NN1C(=O)N1NC(C)C=C1C. The van der Waals surface area contributed by atoms with E-state index in [4.69, 9.17) is 0 Å². The summed E-state index contributed by atoms with van der Waals surface area (Å²) in [5.41, 5.74) is 8.07. The molecule has 0 spiro atoms.